The maximum absolute atomic E-state index is 7.75. The topological polar surface area (TPSA) is 48.6 Å². The van der Waals surface area contributed by atoms with Crippen molar-refractivity contribution in [3.05, 3.63) is 46.1 Å². The van der Waals surface area contributed by atoms with Gasteiger partial charge in [-0.05, 0) is 85.6 Å². The van der Waals surface area contributed by atoms with E-state index in [4.69, 9.17) is 15.4 Å². The second-order valence-corrected chi connectivity index (χ2v) is 14.0. The lowest BCUT2D eigenvalue weighted by Crippen LogP contribution is -2.21. The van der Waals surface area contributed by atoms with Crippen LogP contribution < -0.4 is 0 Å². The molecular formula is C34H49N3S. The van der Waals surface area contributed by atoms with E-state index in [1.165, 1.54) is 91.5 Å². The summed E-state index contributed by atoms with van der Waals surface area (Å²) in [5.41, 5.74) is 6.94. The molecule has 5 unspecified atom stereocenters. The Morgan fingerprint density at radius 3 is 2.66 bits per heavy atom. The Hall–Kier alpha value is -1.68. The van der Waals surface area contributed by atoms with Gasteiger partial charge in [-0.2, -0.15) is 0 Å². The summed E-state index contributed by atoms with van der Waals surface area (Å²) in [6.07, 6.45) is 28.9. The number of nitrogens with zero attached hydrogens (tertiary/aromatic N) is 2. The normalized spacial score (nSPS) is 31.8. The van der Waals surface area contributed by atoms with Gasteiger partial charge in [0.2, 0.25) is 0 Å². The maximum Gasteiger partial charge on any atom is 0.141 e. The van der Waals surface area contributed by atoms with Crippen molar-refractivity contribution in [2.75, 3.05) is 0 Å². The number of hydrogen-bond acceptors (Lipinski definition) is 4. The Balaban J connectivity index is 1.21. The zero-order valence-electron chi connectivity index (χ0n) is 24.1. The molecule has 0 spiro atoms. The zero-order valence-corrected chi connectivity index (χ0v) is 24.9. The number of aliphatic imine (C=N–C) groups is 2. The Bertz CT molecular complexity index is 1050. The van der Waals surface area contributed by atoms with Gasteiger partial charge in [-0.3, -0.25) is 9.98 Å². The lowest BCUT2D eigenvalue weighted by Gasteiger charge is -2.30. The summed E-state index contributed by atoms with van der Waals surface area (Å²) in [5.74, 6) is 3.30. The predicted octanol–water partition coefficient (Wildman–Crippen LogP) is 9.66. The van der Waals surface area contributed by atoms with Crippen molar-refractivity contribution in [3.8, 4) is 0 Å². The van der Waals surface area contributed by atoms with E-state index in [1.807, 2.05) is 11.8 Å². The van der Waals surface area contributed by atoms with E-state index in [0.717, 1.165) is 37.0 Å². The molecule has 3 nitrogen and oxygen atoms in total. The molecule has 5 rings (SSSR count). The molecule has 0 aromatic carbocycles. The molecule has 2 aliphatic heterocycles. The Morgan fingerprint density at radius 1 is 1.08 bits per heavy atom. The summed E-state index contributed by atoms with van der Waals surface area (Å²) in [7, 11) is 0. The van der Waals surface area contributed by atoms with Crippen LogP contribution in [0.3, 0.4) is 0 Å². The first-order chi connectivity index (χ1) is 18.5. The van der Waals surface area contributed by atoms with Crippen LogP contribution in [0.4, 0.5) is 0 Å². The van der Waals surface area contributed by atoms with Gasteiger partial charge in [-0.1, -0.05) is 81.7 Å². The van der Waals surface area contributed by atoms with Crippen LogP contribution >= 0.6 is 11.8 Å². The lowest BCUT2D eigenvalue weighted by molar-refractivity contribution is 0.207. The molecule has 2 bridgehead atoms. The van der Waals surface area contributed by atoms with Crippen LogP contribution in [-0.4, -0.2) is 28.9 Å². The highest BCUT2D eigenvalue weighted by Gasteiger charge is 2.30. The third-order valence-electron chi connectivity index (χ3n) is 10.2. The van der Waals surface area contributed by atoms with Gasteiger partial charge in [-0.25, -0.2) is 0 Å². The maximum atomic E-state index is 7.75. The lowest BCUT2D eigenvalue weighted by atomic mass is 9.76. The molecule has 5 atom stereocenters. The minimum absolute atomic E-state index is 0.0544. The van der Waals surface area contributed by atoms with E-state index in [9.17, 15) is 0 Å². The highest BCUT2D eigenvalue weighted by atomic mass is 32.2. The number of thioether (sulfide) groups is 1. The van der Waals surface area contributed by atoms with Gasteiger partial charge in [0.25, 0.3) is 0 Å². The molecule has 1 N–H and O–H groups in total. The summed E-state index contributed by atoms with van der Waals surface area (Å²) in [4.78, 5) is 10.1. The third kappa shape index (κ3) is 6.72. The van der Waals surface area contributed by atoms with Gasteiger partial charge in [0.15, 0.2) is 0 Å². The van der Waals surface area contributed by atoms with E-state index < -0.39 is 0 Å². The number of nitrogens with one attached hydrogen (secondary N) is 1. The zero-order chi connectivity index (χ0) is 26.5. The first-order valence-electron chi connectivity index (χ1n) is 15.6. The number of hydrogen-bond donors (Lipinski definition) is 1. The van der Waals surface area contributed by atoms with Crippen molar-refractivity contribution in [2.24, 2.45) is 33.7 Å². The average Bonchev–Trinajstić information content (AvgIpc) is 3.38. The van der Waals surface area contributed by atoms with Gasteiger partial charge in [0, 0.05) is 30.7 Å². The van der Waals surface area contributed by atoms with Crippen LogP contribution in [0.1, 0.15) is 111 Å². The molecule has 0 aromatic rings. The van der Waals surface area contributed by atoms with Crippen molar-refractivity contribution in [2.45, 2.75) is 122 Å². The molecule has 0 radical (unpaired) electrons. The SMILES string of the molecule is CC1=C(CC=N)C(C2=CC3CC(N=C2)N=C(CC2=CCCC(C(C)C4CCCCCC4)CC2)S3)=CCC1C. The molecule has 206 valence electrons. The molecule has 0 amide bonds. The highest BCUT2D eigenvalue weighted by Crippen LogP contribution is 2.41. The van der Waals surface area contributed by atoms with E-state index in [0.29, 0.717) is 17.6 Å². The summed E-state index contributed by atoms with van der Waals surface area (Å²) < 4.78 is 0. The second-order valence-electron chi connectivity index (χ2n) is 12.6. The Labute approximate surface area is 236 Å². The van der Waals surface area contributed by atoms with Gasteiger partial charge in [0.05, 0.1) is 5.04 Å². The third-order valence-corrected chi connectivity index (χ3v) is 11.3. The quantitative estimate of drug-likeness (QED) is 0.198. The monoisotopic (exact) mass is 531 g/mol. The number of fused-ring (bicyclic) bond motifs is 2. The van der Waals surface area contributed by atoms with E-state index in [2.05, 4.69) is 45.2 Å². The summed E-state index contributed by atoms with van der Waals surface area (Å²) in [6.45, 7) is 7.13. The van der Waals surface area contributed by atoms with Crippen molar-refractivity contribution in [1.82, 2.24) is 0 Å². The smallest absolute Gasteiger partial charge is 0.141 e. The first-order valence-corrected chi connectivity index (χ1v) is 16.5. The molecule has 0 aromatic heterocycles. The Morgan fingerprint density at radius 2 is 1.87 bits per heavy atom. The van der Waals surface area contributed by atoms with Crippen LogP contribution in [0, 0.1) is 29.1 Å². The molecule has 2 heterocycles. The van der Waals surface area contributed by atoms with Gasteiger partial charge in [-0.15, -0.1) is 11.8 Å². The number of allylic oxidation sites excluding steroid dienone is 7. The van der Waals surface area contributed by atoms with E-state index >= 15 is 0 Å². The van der Waals surface area contributed by atoms with Crippen molar-refractivity contribution in [1.29, 1.82) is 5.41 Å². The molecular weight excluding hydrogens is 482 g/mol. The molecule has 1 saturated carbocycles. The molecule has 5 aliphatic rings. The molecule has 0 saturated heterocycles. The summed E-state index contributed by atoms with van der Waals surface area (Å²) in [6, 6.07) is 0. The molecule has 1 fully saturated rings. The molecule has 38 heavy (non-hydrogen) atoms. The van der Waals surface area contributed by atoms with E-state index in [-0.39, 0.29) is 6.17 Å². The highest BCUT2D eigenvalue weighted by molar-refractivity contribution is 8.14. The van der Waals surface area contributed by atoms with Crippen LogP contribution in [0.5, 0.6) is 0 Å². The van der Waals surface area contributed by atoms with Gasteiger partial charge < -0.3 is 5.41 Å². The molecule has 3 aliphatic carbocycles. The fourth-order valence-electron chi connectivity index (χ4n) is 7.52. The predicted molar refractivity (Wildman–Crippen MR) is 167 cm³/mol. The number of rotatable bonds is 7. The largest absolute Gasteiger partial charge is 0.313 e. The van der Waals surface area contributed by atoms with Gasteiger partial charge in [0.1, 0.15) is 6.17 Å². The summed E-state index contributed by atoms with van der Waals surface area (Å²) in [5, 5.41) is 9.48. The summed E-state index contributed by atoms with van der Waals surface area (Å²) >= 11 is 1.98. The minimum Gasteiger partial charge on any atom is -0.313 e. The van der Waals surface area contributed by atoms with Crippen LogP contribution in [0.2, 0.25) is 0 Å². The van der Waals surface area contributed by atoms with Crippen LogP contribution in [-0.2, 0) is 0 Å². The first kappa shape index (κ1) is 27.9. The van der Waals surface area contributed by atoms with Crippen molar-refractivity contribution in [3.63, 3.8) is 0 Å². The fourth-order valence-corrected chi connectivity index (χ4v) is 8.81. The second kappa shape index (κ2) is 13.1. The standard InChI is InChI=1S/C34H49N3S/c1-23-13-16-32(31(17-18-35)24(23)2)29-20-30-21-33(36-22-29)37-34(38-30)19-26-9-8-12-28(15-14-26)25(3)27-10-6-4-5-7-11-27/h9,16,18,20,22-23,25,27-28,30,33,35H,4-8,10-15,17,19,21H2,1-3H3. The van der Waals surface area contributed by atoms with E-state index in [1.54, 1.807) is 11.8 Å². The van der Waals surface area contributed by atoms with Crippen molar-refractivity contribution >= 4 is 29.2 Å². The minimum atomic E-state index is 0.0544. The van der Waals surface area contributed by atoms with Crippen LogP contribution in [0.15, 0.2) is 56.1 Å². The fraction of sp³-hybridized carbons (Fsp3) is 0.676. The van der Waals surface area contributed by atoms with Crippen molar-refractivity contribution < 1.29 is 0 Å². The van der Waals surface area contributed by atoms with Gasteiger partial charge >= 0.3 is 0 Å². The Kier molecular flexibility index (Phi) is 9.62. The average molecular weight is 532 g/mol. The van der Waals surface area contributed by atoms with Crippen LogP contribution in [0.25, 0.3) is 0 Å². The molecule has 4 heteroatoms.